The molecule has 0 aliphatic rings. The summed E-state index contributed by atoms with van der Waals surface area (Å²) in [6.07, 6.45) is -0.230. The Labute approximate surface area is 112 Å². The van der Waals surface area contributed by atoms with Gasteiger partial charge >= 0.3 is 5.69 Å². The molecule has 0 saturated carbocycles. The first-order valence-corrected chi connectivity index (χ1v) is 6.06. The highest BCUT2D eigenvalue weighted by molar-refractivity contribution is 5.68. The van der Waals surface area contributed by atoms with Crippen LogP contribution in [0.25, 0.3) is 0 Å². The molecule has 6 nitrogen and oxygen atoms in total. The molecule has 0 bridgehead atoms. The van der Waals surface area contributed by atoms with Crippen molar-refractivity contribution in [2.24, 2.45) is 0 Å². The average Bonchev–Trinajstić information content (AvgIpc) is 2.26. The quantitative estimate of drug-likeness (QED) is 0.645. The van der Waals surface area contributed by atoms with Crippen LogP contribution in [0.15, 0.2) is 12.1 Å². The molecule has 0 atom stereocenters. The zero-order valence-corrected chi connectivity index (χ0v) is 11.9. The Morgan fingerprint density at radius 1 is 1.37 bits per heavy atom. The standard InChI is InChI=1S/C13H20N2O4/c1-8(2)19-12-10(14-16)6-9(13(3,4)5)7-11(12)15(17)18/h6-8,14,16H,1-5H3. The second kappa shape index (κ2) is 5.44. The second-order valence-corrected chi connectivity index (χ2v) is 5.66. The molecule has 1 aromatic rings. The van der Waals surface area contributed by atoms with Crippen molar-refractivity contribution in [1.82, 2.24) is 0 Å². The van der Waals surface area contributed by atoms with E-state index in [2.05, 4.69) is 0 Å². The molecule has 0 fully saturated rings. The summed E-state index contributed by atoms with van der Waals surface area (Å²) in [6, 6.07) is 3.14. The normalized spacial score (nSPS) is 11.5. The van der Waals surface area contributed by atoms with E-state index in [-0.39, 0.29) is 28.6 Å². The Morgan fingerprint density at radius 2 is 1.95 bits per heavy atom. The van der Waals surface area contributed by atoms with Gasteiger partial charge in [0.05, 0.1) is 11.0 Å². The maximum absolute atomic E-state index is 11.2. The van der Waals surface area contributed by atoms with Crippen LogP contribution in [-0.2, 0) is 5.41 Å². The average molecular weight is 268 g/mol. The minimum Gasteiger partial charge on any atom is -0.483 e. The summed E-state index contributed by atoms with van der Waals surface area (Å²) in [5.74, 6) is 0.0514. The van der Waals surface area contributed by atoms with Crippen molar-refractivity contribution in [3.63, 3.8) is 0 Å². The number of ether oxygens (including phenoxy) is 1. The molecule has 0 amide bonds. The van der Waals surface area contributed by atoms with Gasteiger partial charge in [0.2, 0.25) is 5.75 Å². The van der Waals surface area contributed by atoms with Crippen LogP contribution in [0.3, 0.4) is 0 Å². The van der Waals surface area contributed by atoms with Gasteiger partial charge in [0.15, 0.2) is 0 Å². The predicted octanol–water partition coefficient (Wildman–Crippen LogP) is 3.48. The molecule has 0 aliphatic heterocycles. The summed E-state index contributed by atoms with van der Waals surface area (Å²) in [5.41, 5.74) is 2.50. The van der Waals surface area contributed by atoms with Crippen molar-refractivity contribution in [3.05, 3.63) is 27.8 Å². The van der Waals surface area contributed by atoms with Gasteiger partial charge in [-0.3, -0.25) is 20.8 Å². The fourth-order valence-corrected chi connectivity index (χ4v) is 1.62. The number of nitrogens with one attached hydrogen (secondary N) is 1. The molecule has 6 heteroatoms. The summed E-state index contributed by atoms with van der Waals surface area (Å²) in [5, 5.41) is 20.3. The van der Waals surface area contributed by atoms with E-state index in [9.17, 15) is 15.3 Å². The summed E-state index contributed by atoms with van der Waals surface area (Å²) < 4.78 is 5.43. The Kier molecular flexibility index (Phi) is 4.36. The van der Waals surface area contributed by atoms with E-state index in [1.165, 1.54) is 6.07 Å². The lowest BCUT2D eigenvalue weighted by Crippen LogP contribution is -2.14. The molecule has 0 spiro atoms. The predicted molar refractivity (Wildman–Crippen MR) is 73.0 cm³/mol. The number of benzene rings is 1. The minimum absolute atomic E-state index is 0.0514. The van der Waals surface area contributed by atoms with Gasteiger partial charge in [-0.2, -0.15) is 0 Å². The Morgan fingerprint density at radius 3 is 2.32 bits per heavy atom. The topological polar surface area (TPSA) is 84.6 Å². The molecule has 0 aromatic heterocycles. The second-order valence-electron chi connectivity index (χ2n) is 5.66. The van der Waals surface area contributed by atoms with Crippen molar-refractivity contribution >= 4 is 11.4 Å². The number of nitro groups is 1. The van der Waals surface area contributed by atoms with Crippen LogP contribution in [0.5, 0.6) is 5.75 Å². The molecule has 1 aromatic carbocycles. The first-order valence-electron chi connectivity index (χ1n) is 6.06. The van der Waals surface area contributed by atoms with E-state index < -0.39 is 4.92 Å². The number of anilines is 1. The SMILES string of the molecule is CC(C)Oc1c(NO)cc(C(C)(C)C)cc1[N+](=O)[O-]. The summed E-state index contributed by atoms with van der Waals surface area (Å²) >= 11 is 0. The van der Waals surface area contributed by atoms with Crippen LogP contribution in [0.1, 0.15) is 40.2 Å². The molecule has 0 heterocycles. The summed E-state index contributed by atoms with van der Waals surface area (Å²) in [6.45, 7) is 9.35. The van der Waals surface area contributed by atoms with E-state index in [1.807, 2.05) is 26.3 Å². The molecule has 0 saturated heterocycles. The number of hydrogen-bond acceptors (Lipinski definition) is 5. The van der Waals surface area contributed by atoms with Crippen LogP contribution >= 0.6 is 0 Å². The lowest BCUT2D eigenvalue weighted by molar-refractivity contribution is -0.386. The van der Waals surface area contributed by atoms with E-state index in [0.717, 1.165) is 5.56 Å². The minimum atomic E-state index is -0.506. The van der Waals surface area contributed by atoms with E-state index in [1.54, 1.807) is 19.9 Å². The highest BCUT2D eigenvalue weighted by atomic mass is 16.6. The Balaban J connectivity index is 3.49. The molecule has 0 aliphatic carbocycles. The number of nitro benzene ring substituents is 1. The molecule has 1 rings (SSSR count). The largest absolute Gasteiger partial charge is 0.483 e. The van der Waals surface area contributed by atoms with Crippen molar-refractivity contribution in [3.8, 4) is 5.75 Å². The third-order valence-corrected chi connectivity index (χ3v) is 2.61. The van der Waals surface area contributed by atoms with Crippen LogP contribution in [0.4, 0.5) is 11.4 Å². The molecular formula is C13H20N2O4. The molecule has 0 radical (unpaired) electrons. The van der Waals surface area contributed by atoms with E-state index in [4.69, 9.17) is 4.74 Å². The molecule has 106 valence electrons. The third-order valence-electron chi connectivity index (χ3n) is 2.61. The maximum Gasteiger partial charge on any atom is 0.313 e. The fraction of sp³-hybridized carbons (Fsp3) is 0.538. The molecule has 2 N–H and O–H groups in total. The number of hydrogen-bond donors (Lipinski definition) is 2. The van der Waals surface area contributed by atoms with Crippen molar-refractivity contribution < 1.29 is 14.9 Å². The number of nitrogens with zero attached hydrogens (tertiary/aromatic N) is 1. The Bertz CT molecular complexity index is 478. The van der Waals surface area contributed by atoms with Gasteiger partial charge in [0.25, 0.3) is 0 Å². The van der Waals surface area contributed by atoms with Gasteiger partial charge in [-0.25, -0.2) is 0 Å². The van der Waals surface area contributed by atoms with Crippen molar-refractivity contribution in [2.75, 3.05) is 5.48 Å². The van der Waals surface area contributed by atoms with Crippen molar-refractivity contribution in [2.45, 2.75) is 46.1 Å². The maximum atomic E-state index is 11.2. The van der Waals surface area contributed by atoms with Gasteiger partial charge < -0.3 is 4.74 Å². The summed E-state index contributed by atoms with van der Waals surface area (Å²) in [4.78, 5) is 10.7. The van der Waals surface area contributed by atoms with Gasteiger partial charge in [-0.05, 0) is 30.9 Å². The van der Waals surface area contributed by atoms with Crippen LogP contribution in [0.2, 0.25) is 0 Å². The first-order chi connectivity index (χ1) is 8.66. The monoisotopic (exact) mass is 268 g/mol. The van der Waals surface area contributed by atoms with Gasteiger partial charge in [-0.15, -0.1) is 0 Å². The van der Waals surface area contributed by atoms with Crippen LogP contribution in [0, 0.1) is 10.1 Å². The lowest BCUT2D eigenvalue weighted by Gasteiger charge is -2.21. The fourth-order valence-electron chi connectivity index (χ4n) is 1.62. The highest BCUT2D eigenvalue weighted by Gasteiger charge is 2.26. The lowest BCUT2D eigenvalue weighted by atomic mass is 9.86. The number of rotatable bonds is 4. The van der Waals surface area contributed by atoms with Gasteiger partial charge in [0.1, 0.15) is 5.69 Å². The smallest absolute Gasteiger partial charge is 0.313 e. The Hall–Kier alpha value is -1.82. The van der Waals surface area contributed by atoms with Gasteiger partial charge in [0, 0.05) is 6.07 Å². The zero-order chi connectivity index (χ0) is 14.8. The van der Waals surface area contributed by atoms with E-state index in [0.29, 0.717) is 0 Å². The third kappa shape index (κ3) is 3.57. The summed E-state index contributed by atoms with van der Waals surface area (Å²) in [7, 11) is 0. The van der Waals surface area contributed by atoms with Gasteiger partial charge in [-0.1, -0.05) is 20.8 Å². The molecule has 19 heavy (non-hydrogen) atoms. The zero-order valence-electron chi connectivity index (χ0n) is 11.9. The molecular weight excluding hydrogens is 248 g/mol. The van der Waals surface area contributed by atoms with Crippen molar-refractivity contribution in [1.29, 1.82) is 0 Å². The van der Waals surface area contributed by atoms with Crippen LogP contribution < -0.4 is 10.2 Å². The van der Waals surface area contributed by atoms with Crippen LogP contribution in [-0.4, -0.2) is 16.2 Å². The van der Waals surface area contributed by atoms with E-state index >= 15 is 0 Å². The molecule has 0 unspecified atom stereocenters. The first kappa shape index (κ1) is 15.2. The highest BCUT2D eigenvalue weighted by Crippen LogP contribution is 2.40.